The van der Waals surface area contributed by atoms with Crippen molar-refractivity contribution < 1.29 is 9.53 Å². The van der Waals surface area contributed by atoms with Crippen LogP contribution >= 0.6 is 23.5 Å². The second kappa shape index (κ2) is 10.4. The summed E-state index contributed by atoms with van der Waals surface area (Å²) in [5, 5.41) is 3.40. The first-order chi connectivity index (χ1) is 14.5. The Labute approximate surface area is 183 Å². The molecule has 3 aromatic rings. The van der Waals surface area contributed by atoms with Crippen LogP contribution in [0.2, 0.25) is 0 Å². The van der Waals surface area contributed by atoms with Crippen LogP contribution in [0.1, 0.15) is 16.8 Å². The van der Waals surface area contributed by atoms with E-state index in [4.69, 9.17) is 4.74 Å². The summed E-state index contributed by atoms with van der Waals surface area (Å²) in [6.45, 7) is 1.75. The highest BCUT2D eigenvalue weighted by atomic mass is 32.2. The first-order valence-corrected chi connectivity index (χ1v) is 11.5. The average molecular weight is 442 g/mol. The molecular formula is C22H23N3O3S2. The zero-order valence-corrected chi connectivity index (χ0v) is 18.7. The molecule has 0 aliphatic rings. The van der Waals surface area contributed by atoms with Crippen LogP contribution in [0.25, 0.3) is 0 Å². The quantitative estimate of drug-likeness (QED) is 0.401. The molecule has 0 saturated carbocycles. The normalized spacial score (nSPS) is 10.6. The monoisotopic (exact) mass is 441 g/mol. The summed E-state index contributed by atoms with van der Waals surface area (Å²) in [6.07, 6.45) is 1.92. The van der Waals surface area contributed by atoms with Gasteiger partial charge in [-0.15, -0.1) is 11.8 Å². The van der Waals surface area contributed by atoms with E-state index in [0.717, 1.165) is 21.9 Å². The number of aromatic amines is 1. The second-order valence-electron chi connectivity index (χ2n) is 6.50. The number of hydrogen-bond acceptors (Lipinski definition) is 6. The maximum Gasteiger partial charge on any atom is 0.255 e. The summed E-state index contributed by atoms with van der Waals surface area (Å²) < 4.78 is 5.23. The standard InChI is InChI=1S/C22H23N3O3S2/c1-14-17(12-20(26)24-18-9-4-5-10-19(18)29-3)21(27)25-22(23-14)30-13-15-7-6-8-16(11-15)28-2/h4-11H,12-13H2,1-3H3,(H,24,26)(H,23,25,27). The van der Waals surface area contributed by atoms with E-state index in [0.29, 0.717) is 22.2 Å². The summed E-state index contributed by atoms with van der Waals surface area (Å²) >= 11 is 2.98. The molecular weight excluding hydrogens is 418 g/mol. The highest BCUT2D eigenvalue weighted by Crippen LogP contribution is 2.25. The molecule has 0 spiro atoms. The van der Waals surface area contributed by atoms with Gasteiger partial charge in [-0.25, -0.2) is 4.98 Å². The minimum absolute atomic E-state index is 0.0300. The SMILES string of the molecule is COc1cccc(CSc2nc(C)c(CC(=O)Nc3ccccc3SC)c(=O)[nH]2)c1. The van der Waals surface area contributed by atoms with Crippen LogP contribution in [0.15, 0.2) is 63.4 Å². The number of nitrogens with one attached hydrogen (secondary N) is 2. The fourth-order valence-electron chi connectivity index (χ4n) is 2.88. The lowest BCUT2D eigenvalue weighted by molar-refractivity contribution is -0.115. The number of hydrogen-bond donors (Lipinski definition) is 2. The molecule has 1 heterocycles. The minimum atomic E-state index is -0.288. The molecule has 0 saturated heterocycles. The number of para-hydroxylation sites is 1. The Balaban J connectivity index is 1.68. The third kappa shape index (κ3) is 5.67. The van der Waals surface area contributed by atoms with Crippen molar-refractivity contribution in [3.05, 3.63) is 75.7 Å². The Morgan fingerprint density at radius 2 is 2.00 bits per heavy atom. The van der Waals surface area contributed by atoms with E-state index in [9.17, 15) is 9.59 Å². The van der Waals surface area contributed by atoms with E-state index in [1.54, 1.807) is 25.8 Å². The minimum Gasteiger partial charge on any atom is -0.497 e. The topological polar surface area (TPSA) is 84.1 Å². The van der Waals surface area contributed by atoms with Crippen molar-refractivity contribution in [3.8, 4) is 5.75 Å². The zero-order chi connectivity index (χ0) is 21.5. The zero-order valence-electron chi connectivity index (χ0n) is 17.0. The van der Waals surface area contributed by atoms with Gasteiger partial charge < -0.3 is 15.0 Å². The van der Waals surface area contributed by atoms with Crippen LogP contribution in [0.4, 0.5) is 5.69 Å². The van der Waals surface area contributed by atoms with Gasteiger partial charge in [0, 0.05) is 21.9 Å². The number of thioether (sulfide) groups is 2. The summed E-state index contributed by atoms with van der Waals surface area (Å²) in [5.41, 5.74) is 2.45. The number of aromatic nitrogens is 2. The number of benzene rings is 2. The molecule has 2 N–H and O–H groups in total. The van der Waals surface area contributed by atoms with Crippen molar-refractivity contribution >= 4 is 35.1 Å². The second-order valence-corrected chi connectivity index (χ2v) is 8.31. The van der Waals surface area contributed by atoms with Crippen LogP contribution < -0.4 is 15.6 Å². The Kier molecular flexibility index (Phi) is 7.59. The van der Waals surface area contributed by atoms with Crippen molar-refractivity contribution in [2.45, 2.75) is 29.1 Å². The number of anilines is 1. The lowest BCUT2D eigenvalue weighted by atomic mass is 10.1. The molecule has 6 nitrogen and oxygen atoms in total. The number of aryl methyl sites for hydroxylation is 1. The van der Waals surface area contributed by atoms with Crippen molar-refractivity contribution in [1.29, 1.82) is 0 Å². The molecule has 1 aromatic heterocycles. The number of rotatable bonds is 8. The van der Waals surface area contributed by atoms with E-state index in [2.05, 4.69) is 15.3 Å². The van der Waals surface area contributed by atoms with Gasteiger partial charge in [-0.05, 0) is 43.0 Å². The Bertz CT molecular complexity index is 1100. The largest absolute Gasteiger partial charge is 0.497 e. The van der Waals surface area contributed by atoms with Gasteiger partial charge >= 0.3 is 0 Å². The average Bonchev–Trinajstić information content (AvgIpc) is 2.75. The molecule has 0 fully saturated rings. The van der Waals surface area contributed by atoms with E-state index in [1.807, 2.05) is 54.8 Å². The molecule has 1 amide bonds. The lowest BCUT2D eigenvalue weighted by Crippen LogP contribution is -2.24. The smallest absolute Gasteiger partial charge is 0.255 e. The third-order valence-corrected chi connectivity index (χ3v) is 6.17. The van der Waals surface area contributed by atoms with Gasteiger partial charge in [0.25, 0.3) is 5.56 Å². The first kappa shape index (κ1) is 22.0. The molecule has 0 radical (unpaired) electrons. The lowest BCUT2D eigenvalue weighted by Gasteiger charge is -2.10. The Morgan fingerprint density at radius 1 is 1.20 bits per heavy atom. The van der Waals surface area contributed by atoms with Gasteiger partial charge in [0.2, 0.25) is 5.91 Å². The third-order valence-electron chi connectivity index (χ3n) is 4.43. The Hall–Kier alpha value is -2.71. The van der Waals surface area contributed by atoms with Gasteiger partial charge in [-0.3, -0.25) is 9.59 Å². The number of methoxy groups -OCH3 is 1. The van der Waals surface area contributed by atoms with Gasteiger partial charge in [0.05, 0.1) is 19.2 Å². The number of H-pyrrole nitrogens is 1. The number of nitrogens with zero attached hydrogens (tertiary/aromatic N) is 1. The number of carbonyl (C=O) groups excluding carboxylic acids is 1. The fourth-order valence-corrected chi connectivity index (χ4v) is 4.28. The van der Waals surface area contributed by atoms with Gasteiger partial charge in [0.15, 0.2) is 5.16 Å². The highest BCUT2D eigenvalue weighted by Gasteiger charge is 2.14. The summed E-state index contributed by atoms with van der Waals surface area (Å²) in [6, 6.07) is 15.3. The van der Waals surface area contributed by atoms with Gasteiger partial charge in [-0.1, -0.05) is 36.0 Å². The fraction of sp³-hybridized carbons (Fsp3) is 0.227. The van der Waals surface area contributed by atoms with E-state index in [-0.39, 0.29) is 17.9 Å². The Morgan fingerprint density at radius 3 is 2.73 bits per heavy atom. The molecule has 0 bridgehead atoms. The molecule has 8 heteroatoms. The summed E-state index contributed by atoms with van der Waals surface area (Å²) in [7, 11) is 1.63. The van der Waals surface area contributed by atoms with Crippen LogP contribution in [0, 0.1) is 6.92 Å². The van der Waals surface area contributed by atoms with Crippen LogP contribution in [0.3, 0.4) is 0 Å². The number of carbonyl (C=O) groups is 1. The maximum atomic E-state index is 12.6. The molecule has 0 aliphatic carbocycles. The van der Waals surface area contributed by atoms with Crippen LogP contribution in [-0.2, 0) is 17.0 Å². The van der Waals surface area contributed by atoms with Crippen molar-refractivity contribution in [1.82, 2.24) is 9.97 Å². The van der Waals surface area contributed by atoms with Crippen molar-refractivity contribution in [2.24, 2.45) is 0 Å². The number of ether oxygens (including phenoxy) is 1. The molecule has 30 heavy (non-hydrogen) atoms. The van der Waals surface area contributed by atoms with Gasteiger partial charge in [-0.2, -0.15) is 0 Å². The van der Waals surface area contributed by atoms with Crippen molar-refractivity contribution in [2.75, 3.05) is 18.7 Å². The molecule has 156 valence electrons. The molecule has 0 unspecified atom stereocenters. The van der Waals surface area contributed by atoms with E-state index >= 15 is 0 Å². The molecule has 3 rings (SSSR count). The van der Waals surface area contributed by atoms with Gasteiger partial charge in [0.1, 0.15) is 5.75 Å². The predicted molar refractivity (Wildman–Crippen MR) is 123 cm³/mol. The van der Waals surface area contributed by atoms with Crippen LogP contribution in [-0.4, -0.2) is 29.2 Å². The summed E-state index contributed by atoms with van der Waals surface area (Å²) in [4.78, 5) is 33.3. The predicted octanol–water partition coefficient (Wildman–Crippen LogP) is 4.28. The van der Waals surface area contributed by atoms with E-state index in [1.165, 1.54) is 11.8 Å². The first-order valence-electron chi connectivity index (χ1n) is 9.28. The molecule has 0 atom stereocenters. The van der Waals surface area contributed by atoms with Crippen LogP contribution in [0.5, 0.6) is 5.75 Å². The molecule has 2 aromatic carbocycles. The highest BCUT2D eigenvalue weighted by molar-refractivity contribution is 7.98. The maximum absolute atomic E-state index is 12.6. The van der Waals surface area contributed by atoms with Crippen molar-refractivity contribution in [3.63, 3.8) is 0 Å². The summed E-state index contributed by atoms with van der Waals surface area (Å²) in [5.74, 6) is 1.18. The number of amides is 1. The van der Waals surface area contributed by atoms with E-state index < -0.39 is 0 Å². The molecule has 0 aliphatic heterocycles.